The minimum atomic E-state index is -0.489. The molecule has 0 spiro atoms. The maximum Gasteiger partial charge on any atom is 0.240 e. The highest BCUT2D eigenvalue weighted by Gasteiger charge is 2.31. The lowest BCUT2D eigenvalue weighted by atomic mass is 9.86. The van der Waals surface area contributed by atoms with Crippen LogP contribution in [0, 0.1) is 0 Å². The van der Waals surface area contributed by atoms with E-state index in [9.17, 15) is 9.59 Å². The normalized spacial score (nSPS) is 19.7. The first kappa shape index (κ1) is 23.8. The van der Waals surface area contributed by atoms with Crippen LogP contribution in [-0.4, -0.2) is 49.8 Å². The van der Waals surface area contributed by atoms with Gasteiger partial charge in [0.1, 0.15) is 6.04 Å². The first-order chi connectivity index (χ1) is 15.8. The Kier molecular flexibility index (Phi) is 7.12. The molecule has 7 nitrogen and oxygen atoms in total. The summed E-state index contributed by atoms with van der Waals surface area (Å²) >= 11 is 1.42. The van der Waals surface area contributed by atoms with Gasteiger partial charge < -0.3 is 10.6 Å². The molecule has 2 fully saturated rings. The average Bonchev–Trinajstić information content (AvgIpc) is 3.46. The van der Waals surface area contributed by atoms with Crippen molar-refractivity contribution in [3.8, 4) is 11.4 Å². The van der Waals surface area contributed by atoms with Crippen LogP contribution >= 0.6 is 11.8 Å². The topological polar surface area (TPSA) is 94.1 Å². The zero-order chi connectivity index (χ0) is 23.6. The molecule has 0 unspecified atom stereocenters. The molecule has 1 saturated carbocycles. The van der Waals surface area contributed by atoms with Gasteiger partial charge in [0.25, 0.3) is 0 Å². The van der Waals surface area contributed by atoms with E-state index in [1.807, 2.05) is 0 Å². The molecule has 8 heteroatoms. The number of likely N-dealkylation sites (tertiary alicyclic amines) is 1. The van der Waals surface area contributed by atoms with Gasteiger partial charge in [-0.3, -0.25) is 14.2 Å². The van der Waals surface area contributed by atoms with Crippen molar-refractivity contribution < 1.29 is 9.59 Å². The number of nitrogens with zero attached hydrogens (tertiary/aromatic N) is 4. The minimum absolute atomic E-state index is 0.0550. The van der Waals surface area contributed by atoms with Crippen LogP contribution in [-0.2, 0) is 15.0 Å². The van der Waals surface area contributed by atoms with E-state index in [4.69, 9.17) is 5.73 Å². The third-order valence-electron chi connectivity index (χ3n) is 6.84. The third kappa shape index (κ3) is 5.26. The minimum Gasteiger partial charge on any atom is -0.368 e. The summed E-state index contributed by atoms with van der Waals surface area (Å²) in [6.45, 7) is 7.22. The quantitative estimate of drug-likeness (QED) is 0.636. The van der Waals surface area contributed by atoms with Crippen molar-refractivity contribution in [1.29, 1.82) is 0 Å². The SMILES string of the molecule is CC(C)(C)c1ccc(-c2nnc(SCC(=O)N3CCCC[C@@H]3C(N)=O)n2C2CCCC2)cc1. The summed E-state index contributed by atoms with van der Waals surface area (Å²) in [5, 5.41) is 9.82. The molecule has 178 valence electrons. The Hall–Kier alpha value is -2.35. The van der Waals surface area contributed by atoms with E-state index in [-0.39, 0.29) is 17.1 Å². The molecule has 1 aromatic carbocycles. The van der Waals surface area contributed by atoms with Crippen LogP contribution in [0.15, 0.2) is 29.4 Å². The zero-order valence-electron chi connectivity index (χ0n) is 19.9. The van der Waals surface area contributed by atoms with Gasteiger partial charge in [0.15, 0.2) is 11.0 Å². The Morgan fingerprint density at radius 2 is 1.70 bits per heavy atom. The smallest absolute Gasteiger partial charge is 0.240 e. The molecule has 33 heavy (non-hydrogen) atoms. The van der Waals surface area contributed by atoms with Gasteiger partial charge in [-0.25, -0.2) is 0 Å². The number of piperidine rings is 1. The van der Waals surface area contributed by atoms with E-state index in [2.05, 4.69) is 59.8 Å². The Labute approximate surface area is 200 Å². The molecule has 1 saturated heterocycles. The highest BCUT2D eigenvalue weighted by Crippen LogP contribution is 2.37. The predicted molar refractivity (Wildman–Crippen MR) is 131 cm³/mol. The summed E-state index contributed by atoms with van der Waals surface area (Å²) in [7, 11) is 0. The van der Waals surface area contributed by atoms with Crippen molar-refractivity contribution in [3.63, 3.8) is 0 Å². The van der Waals surface area contributed by atoms with Crippen LogP contribution in [0.2, 0.25) is 0 Å². The standard InChI is InChI=1S/C25H35N5O2S/c1-25(2,3)18-13-11-17(12-14-18)23-27-28-24(30(23)19-8-4-5-9-19)33-16-21(31)29-15-7-6-10-20(29)22(26)32/h11-14,19-20H,4-10,15-16H2,1-3H3,(H2,26,32)/t20-/m1/s1. The number of rotatable bonds is 6. The van der Waals surface area contributed by atoms with E-state index >= 15 is 0 Å². The number of benzene rings is 1. The average molecular weight is 470 g/mol. The first-order valence-electron chi connectivity index (χ1n) is 12.0. The Morgan fingerprint density at radius 3 is 2.33 bits per heavy atom. The van der Waals surface area contributed by atoms with Gasteiger partial charge in [0.05, 0.1) is 5.75 Å². The van der Waals surface area contributed by atoms with Crippen molar-refractivity contribution in [3.05, 3.63) is 29.8 Å². The van der Waals surface area contributed by atoms with Crippen molar-refractivity contribution in [2.45, 2.75) is 88.4 Å². The molecule has 2 aromatic rings. The largest absolute Gasteiger partial charge is 0.368 e. The summed E-state index contributed by atoms with van der Waals surface area (Å²) in [5.74, 6) is 0.631. The number of hydrogen-bond donors (Lipinski definition) is 1. The Morgan fingerprint density at radius 1 is 1.03 bits per heavy atom. The van der Waals surface area contributed by atoms with Crippen LogP contribution < -0.4 is 5.73 Å². The number of aromatic nitrogens is 3. The third-order valence-corrected chi connectivity index (χ3v) is 7.77. The number of nitrogens with two attached hydrogens (primary N) is 1. The summed E-state index contributed by atoms with van der Waals surface area (Å²) in [6, 6.07) is 8.45. The molecule has 4 rings (SSSR count). The summed E-state index contributed by atoms with van der Waals surface area (Å²) in [5.41, 5.74) is 7.97. The van der Waals surface area contributed by atoms with Crippen molar-refractivity contribution in [2.24, 2.45) is 5.73 Å². The number of thioether (sulfide) groups is 1. The summed E-state index contributed by atoms with van der Waals surface area (Å²) in [6.07, 6.45) is 7.08. The fraction of sp³-hybridized carbons (Fsp3) is 0.600. The second-order valence-electron chi connectivity index (χ2n) is 10.2. The number of carbonyl (C=O) groups excluding carboxylic acids is 2. The molecular weight excluding hydrogens is 434 g/mol. The second kappa shape index (κ2) is 9.87. The van der Waals surface area contributed by atoms with Crippen molar-refractivity contribution in [2.75, 3.05) is 12.3 Å². The van der Waals surface area contributed by atoms with Crippen LogP contribution in [0.4, 0.5) is 0 Å². The molecule has 1 atom stereocenters. The van der Waals surface area contributed by atoms with E-state index in [1.165, 1.54) is 30.2 Å². The maximum absolute atomic E-state index is 13.0. The molecule has 2 N–H and O–H groups in total. The fourth-order valence-corrected chi connectivity index (χ4v) is 5.81. The van der Waals surface area contributed by atoms with Crippen LogP contribution in [0.1, 0.15) is 77.3 Å². The molecule has 0 radical (unpaired) electrons. The van der Waals surface area contributed by atoms with Crippen LogP contribution in [0.3, 0.4) is 0 Å². The van der Waals surface area contributed by atoms with Gasteiger partial charge >= 0.3 is 0 Å². The molecule has 1 aromatic heterocycles. The molecule has 2 heterocycles. The highest BCUT2D eigenvalue weighted by atomic mass is 32.2. The molecular formula is C25H35N5O2S. The number of carbonyl (C=O) groups is 2. The van der Waals surface area contributed by atoms with Gasteiger partial charge in [0.2, 0.25) is 11.8 Å². The molecule has 2 aliphatic rings. The van der Waals surface area contributed by atoms with E-state index in [0.717, 1.165) is 42.2 Å². The number of primary amides is 1. The summed E-state index contributed by atoms with van der Waals surface area (Å²) < 4.78 is 2.23. The number of amides is 2. The van der Waals surface area contributed by atoms with E-state index < -0.39 is 11.9 Å². The van der Waals surface area contributed by atoms with Gasteiger partial charge in [0, 0.05) is 18.2 Å². The summed E-state index contributed by atoms with van der Waals surface area (Å²) in [4.78, 5) is 26.4. The van der Waals surface area contributed by atoms with Gasteiger partial charge in [-0.1, -0.05) is 69.6 Å². The Bertz CT molecular complexity index is 989. The van der Waals surface area contributed by atoms with E-state index in [1.54, 1.807) is 4.90 Å². The molecule has 1 aliphatic heterocycles. The second-order valence-corrected chi connectivity index (χ2v) is 11.2. The van der Waals surface area contributed by atoms with Crippen LogP contribution in [0.5, 0.6) is 0 Å². The number of hydrogen-bond acceptors (Lipinski definition) is 5. The highest BCUT2D eigenvalue weighted by molar-refractivity contribution is 7.99. The van der Waals surface area contributed by atoms with Gasteiger partial charge in [-0.2, -0.15) is 0 Å². The van der Waals surface area contributed by atoms with Crippen LogP contribution in [0.25, 0.3) is 11.4 Å². The Balaban J connectivity index is 1.55. The maximum atomic E-state index is 13.0. The monoisotopic (exact) mass is 469 g/mol. The van der Waals surface area contributed by atoms with E-state index in [0.29, 0.717) is 19.0 Å². The van der Waals surface area contributed by atoms with Crippen molar-refractivity contribution in [1.82, 2.24) is 19.7 Å². The molecule has 0 bridgehead atoms. The lowest BCUT2D eigenvalue weighted by Gasteiger charge is -2.33. The predicted octanol–water partition coefficient (Wildman–Crippen LogP) is 4.32. The molecule has 2 amide bonds. The lowest BCUT2D eigenvalue weighted by molar-refractivity contribution is -0.138. The zero-order valence-corrected chi connectivity index (χ0v) is 20.7. The lowest BCUT2D eigenvalue weighted by Crippen LogP contribution is -2.51. The van der Waals surface area contributed by atoms with Crippen molar-refractivity contribution >= 4 is 23.6 Å². The first-order valence-corrected chi connectivity index (χ1v) is 13.0. The molecule has 1 aliphatic carbocycles. The van der Waals surface area contributed by atoms with Gasteiger partial charge in [-0.05, 0) is 43.1 Å². The van der Waals surface area contributed by atoms with Gasteiger partial charge in [-0.15, -0.1) is 10.2 Å². The fourth-order valence-electron chi connectivity index (χ4n) is 4.92.